The van der Waals surface area contributed by atoms with Crippen LogP contribution in [-0.2, 0) is 6.54 Å². The molecule has 0 unspecified atom stereocenters. The van der Waals surface area contributed by atoms with Crippen molar-refractivity contribution in [2.75, 3.05) is 29.4 Å². The predicted octanol–water partition coefficient (Wildman–Crippen LogP) is 2.25. The first-order valence-corrected chi connectivity index (χ1v) is 7.71. The SMILES string of the molecule is Fc1cnc(N2CCN(CC3CC3)c3ncccc3C2)nc1. The Morgan fingerprint density at radius 1 is 1.14 bits per heavy atom. The summed E-state index contributed by atoms with van der Waals surface area (Å²) in [7, 11) is 0. The lowest BCUT2D eigenvalue weighted by atomic mass is 10.2. The van der Waals surface area contributed by atoms with Gasteiger partial charge in [-0.05, 0) is 24.8 Å². The van der Waals surface area contributed by atoms with Gasteiger partial charge >= 0.3 is 0 Å². The van der Waals surface area contributed by atoms with E-state index in [9.17, 15) is 4.39 Å². The van der Waals surface area contributed by atoms with Crippen LogP contribution in [0.25, 0.3) is 0 Å². The molecule has 2 aromatic rings. The van der Waals surface area contributed by atoms with Crippen molar-refractivity contribution in [2.45, 2.75) is 19.4 Å². The summed E-state index contributed by atoms with van der Waals surface area (Å²) in [6.45, 7) is 3.48. The van der Waals surface area contributed by atoms with E-state index in [-0.39, 0.29) is 0 Å². The van der Waals surface area contributed by atoms with Gasteiger partial charge in [0.15, 0.2) is 5.82 Å². The quantitative estimate of drug-likeness (QED) is 0.870. The van der Waals surface area contributed by atoms with Gasteiger partial charge in [0.1, 0.15) is 5.82 Å². The van der Waals surface area contributed by atoms with Crippen LogP contribution >= 0.6 is 0 Å². The van der Waals surface area contributed by atoms with Gasteiger partial charge in [-0.2, -0.15) is 0 Å². The molecule has 0 N–H and O–H groups in total. The van der Waals surface area contributed by atoms with Gasteiger partial charge < -0.3 is 9.80 Å². The molecule has 1 saturated carbocycles. The number of nitrogens with zero attached hydrogens (tertiary/aromatic N) is 5. The molecule has 1 fully saturated rings. The Bertz CT molecular complexity index is 656. The molecule has 0 bridgehead atoms. The molecule has 0 radical (unpaired) electrons. The summed E-state index contributed by atoms with van der Waals surface area (Å²) in [4.78, 5) is 17.3. The Morgan fingerprint density at radius 3 is 2.73 bits per heavy atom. The van der Waals surface area contributed by atoms with Gasteiger partial charge in [0, 0.05) is 37.9 Å². The molecule has 0 atom stereocenters. The van der Waals surface area contributed by atoms with Crippen molar-refractivity contribution in [3.63, 3.8) is 0 Å². The first-order valence-electron chi connectivity index (χ1n) is 7.71. The molecule has 0 spiro atoms. The third-order valence-electron chi connectivity index (χ3n) is 4.23. The predicted molar refractivity (Wildman–Crippen MR) is 82.2 cm³/mol. The van der Waals surface area contributed by atoms with E-state index in [2.05, 4.69) is 30.8 Å². The molecule has 1 aliphatic carbocycles. The minimum absolute atomic E-state index is 0.406. The lowest BCUT2D eigenvalue weighted by Crippen LogP contribution is -2.33. The maximum Gasteiger partial charge on any atom is 0.225 e. The van der Waals surface area contributed by atoms with E-state index in [0.29, 0.717) is 12.5 Å². The monoisotopic (exact) mass is 299 g/mol. The summed E-state index contributed by atoms with van der Waals surface area (Å²) in [5.74, 6) is 2.04. The van der Waals surface area contributed by atoms with Gasteiger partial charge in [-0.3, -0.25) is 0 Å². The van der Waals surface area contributed by atoms with Crippen LogP contribution in [0.2, 0.25) is 0 Å². The molecule has 5 nitrogen and oxygen atoms in total. The molecule has 0 aromatic carbocycles. The fourth-order valence-electron chi connectivity index (χ4n) is 2.90. The van der Waals surface area contributed by atoms with Crippen LogP contribution in [0.5, 0.6) is 0 Å². The molecule has 0 saturated heterocycles. The van der Waals surface area contributed by atoms with Crippen molar-refractivity contribution in [1.29, 1.82) is 0 Å². The van der Waals surface area contributed by atoms with E-state index < -0.39 is 5.82 Å². The number of fused-ring (bicyclic) bond motifs is 1. The van der Waals surface area contributed by atoms with E-state index in [0.717, 1.165) is 31.4 Å². The van der Waals surface area contributed by atoms with E-state index >= 15 is 0 Å². The van der Waals surface area contributed by atoms with Crippen LogP contribution in [0.1, 0.15) is 18.4 Å². The van der Waals surface area contributed by atoms with Gasteiger partial charge in [0.2, 0.25) is 5.95 Å². The molecule has 2 aromatic heterocycles. The topological polar surface area (TPSA) is 45.2 Å². The van der Waals surface area contributed by atoms with Gasteiger partial charge in [0.25, 0.3) is 0 Å². The number of hydrogen-bond donors (Lipinski definition) is 0. The summed E-state index contributed by atoms with van der Waals surface area (Å²) >= 11 is 0. The highest BCUT2D eigenvalue weighted by molar-refractivity contribution is 5.51. The van der Waals surface area contributed by atoms with Crippen molar-refractivity contribution in [1.82, 2.24) is 15.0 Å². The first kappa shape index (κ1) is 13.4. The molecule has 2 aliphatic rings. The number of anilines is 2. The lowest BCUT2D eigenvalue weighted by molar-refractivity contribution is 0.610. The van der Waals surface area contributed by atoms with E-state index in [4.69, 9.17) is 0 Å². The zero-order valence-electron chi connectivity index (χ0n) is 12.3. The lowest BCUT2D eigenvalue weighted by Gasteiger charge is -2.23. The van der Waals surface area contributed by atoms with Crippen molar-refractivity contribution in [3.8, 4) is 0 Å². The Hall–Kier alpha value is -2.24. The standard InChI is InChI=1S/C16H18FN5/c17-14-8-19-16(20-9-14)22-7-6-21(10-12-3-4-12)15-13(11-22)2-1-5-18-15/h1-2,5,8-9,12H,3-4,6-7,10-11H2. The maximum absolute atomic E-state index is 13.0. The molecular formula is C16H18FN5. The van der Waals surface area contributed by atoms with Crippen LogP contribution < -0.4 is 9.80 Å². The first-order chi connectivity index (χ1) is 10.8. The number of halogens is 1. The highest BCUT2D eigenvalue weighted by atomic mass is 19.1. The number of hydrogen-bond acceptors (Lipinski definition) is 5. The van der Waals surface area contributed by atoms with Gasteiger partial charge in [-0.25, -0.2) is 19.3 Å². The van der Waals surface area contributed by atoms with Crippen molar-refractivity contribution >= 4 is 11.8 Å². The largest absolute Gasteiger partial charge is 0.354 e. The minimum Gasteiger partial charge on any atom is -0.354 e. The second kappa shape index (κ2) is 5.51. The van der Waals surface area contributed by atoms with E-state index in [1.165, 1.54) is 30.8 Å². The van der Waals surface area contributed by atoms with Gasteiger partial charge in [-0.15, -0.1) is 0 Å². The summed E-state index contributed by atoms with van der Waals surface area (Å²) in [6, 6.07) is 4.06. The summed E-state index contributed by atoms with van der Waals surface area (Å²) in [5, 5.41) is 0. The second-order valence-corrected chi connectivity index (χ2v) is 6.00. The third kappa shape index (κ3) is 2.73. The second-order valence-electron chi connectivity index (χ2n) is 6.00. The highest BCUT2D eigenvalue weighted by Crippen LogP contribution is 2.33. The summed E-state index contributed by atoms with van der Waals surface area (Å²) in [5.41, 5.74) is 1.17. The van der Waals surface area contributed by atoms with Crippen molar-refractivity contribution in [2.24, 2.45) is 5.92 Å². The Labute approximate surface area is 128 Å². The van der Waals surface area contributed by atoms with Crippen LogP contribution in [0, 0.1) is 11.7 Å². The van der Waals surface area contributed by atoms with Gasteiger partial charge in [-0.1, -0.05) is 6.07 Å². The average Bonchev–Trinajstić information content (AvgIpc) is 3.36. The number of pyridine rings is 1. The zero-order valence-corrected chi connectivity index (χ0v) is 12.3. The van der Waals surface area contributed by atoms with Crippen molar-refractivity contribution < 1.29 is 4.39 Å². The number of rotatable bonds is 3. The fraction of sp³-hybridized carbons (Fsp3) is 0.438. The molecule has 114 valence electrons. The number of aromatic nitrogens is 3. The fourth-order valence-corrected chi connectivity index (χ4v) is 2.90. The molecular weight excluding hydrogens is 281 g/mol. The molecule has 1 aliphatic heterocycles. The summed E-state index contributed by atoms with van der Waals surface area (Å²) < 4.78 is 13.0. The van der Waals surface area contributed by atoms with Crippen LogP contribution in [0.15, 0.2) is 30.7 Å². The van der Waals surface area contributed by atoms with Crippen molar-refractivity contribution in [3.05, 3.63) is 42.1 Å². The summed E-state index contributed by atoms with van der Waals surface area (Å²) in [6.07, 6.45) is 6.94. The molecule has 22 heavy (non-hydrogen) atoms. The molecule has 3 heterocycles. The maximum atomic E-state index is 13.0. The highest BCUT2D eigenvalue weighted by Gasteiger charge is 2.28. The van der Waals surface area contributed by atoms with Crippen LogP contribution in [0.4, 0.5) is 16.2 Å². The zero-order chi connectivity index (χ0) is 14.9. The Balaban J connectivity index is 1.62. The van der Waals surface area contributed by atoms with Crippen LogP contribution in [-0.4, -0.2) is 34.6 Å². The normalized spacial score (nSPS) is 18.0. The third-order valence-corrected chi connectivity index (χ3v) is 4.23. The Kier molecular flexibility index (Phi) is 3.36. The van der Waals surface area contributed by atoms with Gasteiger partial charge in [0.05, 0.1) is 12.4 Å². The smallest absolute Gasteiger partial charge is 0.225 e. The van der Waals surface area contributed by atoms with Crippen LogP contribution in [0.3, 0.4) is 0 Å². The molecule has 4 rings (SSSR count). The van der Waals surface area contributed by atoms with E-state index in [1.807, 2.05) is 12.3 Å². The van der Waals surface area contributed by atoms with E-state index in [1.54, 1.807) is 0 Å². The average molecular weight is 299 g/mol. The molecule has 6 heteroatoms. The molecule has 0 amide bonds. The Morgan fingerprint density at radius 2 is 1.95 bits per heavy atom. The minimum atomic E-state index is -0.406.